The first-order valence-corrected chi connectivity index (χ1v) is 13.0. The predicted octanol–water partition coefficient (Wildman–Crippen LogP) is 3.59. The molecule has 180 valence electrons. The first-order valence-electron chi connectivity index (χ1n) is 13.0. The zero-order chi connectivity index (χ0) is 22.8. The Kier molecular flexibility index (Phi) is 6.48. The van der Waals surface area contributed by atoms with Gasteiger partial charge in [0.05, 0.1) is 0 Å². The van der Waals surface area contributed by atoms with E-state index in [9.17, 15) is 9.59 Å². The van der Waals surface area contributed by atoms with Crippen LogP contribution in [0.25, 0.3) is 0 Å². The summed E-state index contributed by atoms with van der Waals surface area (Å²) in [6.45, 7) is 5.25. The summed E-state index contributed by atoms with van der Waals surface area (Å²) in [5.74, 6) is 4.16. The number of carbonyl (C=O) groups is 2. The number of nitrogens with one attached hydrogen (secondary N) is 3. The van der Waals surface area contributed by atoms with E-state index < -0.39 is 0 Å². The smallest absolute Gasteiger partial charge is 0.315 e. The van der Waals surface area contributed by atoms with E-state index in [0.717, 1.165) is 67.4 Å². The van der Waals surface area contributed by atoms with Gasteiger partial charge in [-0.05, 0) is 86.7 Å². The van der Waals surface area contributed by atoms with Gasteiger partial charge in [0.25, 0.3) is 0 Å². The molecule has 3 N–H and O–H groups in total. The largest absolute Gasteiger partial charge is 0.357 e. The fourth-order valence-electron chi connectivity index (χ4n) is 7.07. The van der Waals surface area contributed by atoms with Gasteiger partial charge in [0, 0.05) is 44.3 Å². The molecule has 1 aromatic heterocycles. The molecular formula is C26H39N5O2. The van der Waals surface area contributed by atoms with Crippen LogP contribution in [0, 0.1) is 23.7 Å². The molecular weight excluding hydrogens is 414 g/mol. The van der Waals surface area contributed by atoms with E-state index in [4.69, 9.17) is 0 Å². The molecule has 1 saturated heterocycles. The van der Waals surface area contributed by atoms with Crippen molar-refractivity contribution in [2.75, 3.05) is 24.5 Å². The second kappa shape index (κ2) is 9.51. The first-order chi connectivity index (χ1) is 16.0. The van der Waals surface area contributed by atoms with Crippen molar-refractivity contribution in [1.82, 2.24) is 20.9 Å². The zero-order valence-corrected chi connectivity index (χ0v) is 19.9. The van der Waals surface area contributed by atoms with Gasteiger partial charge >= 0.3 is 6.03 Å². The fourth-order valence-corrected chi connectivity index (χ4v) is 7.07. The van der Waals surface area contributed by atoms with Crippen LogP contribution in [-0.2, 0) is 11.3 Å². The molecule has 1 aliphatic heterocycles. The lowest BCUT2D eigenvalue weighted by Gasteiger charge is -2.56. The van der Waals surface area contributed by atoms with E-state index >= 15 is 0 Å². The molecule has 4 saturated carbocycles. The second-order valence-electron chi connectivity index (χ2n) is 11.3. The number of amides is 3. The highest BCUT2D eigenvalue weighted by Crippen LogP contribution is 2.55. The van der Waals surface area contributed by atoms with Crippen LogP contribution in [0.15, 0.2) is 18.3 Å². The number of hydrogen-bond donors (Lipinski definition) is 3. The van der Waals surface area contributed by atoms with Crippen molar-refractivity contribution in [3.05, 3.63) is 23.9 Å². The lowest BCUT2D eigenvalue weighted by molar-refractivity contribution is -0.121. The second-order valence-corrected chi connectivity index (χ2v) is 11.3. The van der Waals surface area contributed by atoms with Gasteiger partial charge < -0.3 is 20.9 Å². The Morgan fingerprint density at radius 2 is 1.70 bits per heavy atom. The van der Waals surface area contributed by atoms with Crippen molar-refractivity contribution in [2.24, 2.45) is 23.7 Å². The molecule has 5 aliphatic rings. The lowest BCUT2D eigenvalue weighted by atomic mass is 9.53. The quantitative estimate of drug-likeness (QED) is 0.589. The zero-order valence-electron chi connectivity index (χ0n) is 19.9. The normalized spacial score (nSPS) is 30.8. The molecule has 5 fully saturated rings. The van der Waals surface area contributed by atoms with E-state index in [0.29, 0.717) is 13.1 Å². The molecule has 3 amide bonds. The molecule has 2 heterocycles. The minimum absolute atomic E-state index is 0.00665. The summed E-state index contributed by atoms with van der Waals surface area (Å²) >= 11 is 0. The molecule has 4 bridgehead atoms. The average Bonchev–Trinajstić information content (AvgIpc) is 2.77. The highest BCUT2D eigenvalue weighted by atomic mass is 16.2. The average molecular weight is 454 g/mol. The molecule has 7 nitrogen and oxygen atoms in total. The molecule has 0 radical (unpaired) electrons. The monoisotopic (exact) mass is 453 g/mol. The van der Waals surface area contributed by atoms with Crippen molar-refractivity contribution in [2.45, 2.75) is 76.8 Å². The molecule has 33 heavy (non-hydrogen) atoms. The minimum Gasteiger partial charge on any atom is -0.357 e. The summed E-state index contributed by atoms with van der Waals surface area (Å²) in [5, 5.41) is 9.14. The minimum atomic E-state index is -0.114. The van der Waals surface area contributed by atoms with E-state index in [1.165, 1.54) is 32.1 Å². The summed E-state index contributed by atoms with van der Waals surface area (Å²) in [7, 11) is 0. The fraction of sp³-hybridized carbons (Fsp3) is 0.731. The van der Waals surface area contributed by atoms with Gasteiger partial charge in [0.1, 0.15) is 5.82 Å². The summed E-state index contributed by atoms with van der Waals surface area (Å²) in [6.07, 6.45) is 12.1. The van der Waals surface area contributed by atoms with Gasteiger partial charge in [0.15, 0.2) is 0 Å². The van der Waals surface area contributed by atoms with Crippen molar-refractivity contribution >= 4 is 17.8 Å². The van der Waals surface area contributed by atoms with Gasteiger partial charge in [-0.2, -0.15) is 0 Å². The number of pyridine rings is 1. The number of rotatable bonds is 7. The van der Waals surface area contributed by atoms with Crippen molar-refractivity contribution in [3.8, 4) is 0 Å². The van der Waals surface area contributed by atoms with E-state index in [-0.39, 0.29) is 23.9 Å². The molecule has 4 aliphatic carbocycles. The lowest BCUT2D eigenvalue weighted by Crippen LogP contribution is -2.61. The third-order valence-corrected chi connectivity index (χ3v) is 8.46. The number of piperidine rings is 1. The highest BCUT2D eigenvalue weighted by Gasteiger charge is 2.51. The predicted molar refractivity (Wildman–Crippen MR) is 129 cm³/mol. The number of urea groups is 1. The summed E-state index contributed by atoms with van der Waals surface area (Å²) in [5.41, 5.74) is 0.997. The first kappa shape index (κ1) is 22.5. The maximum Gasteiger partial charge on any atom is 0.315 e. The van der Waals surface area contributed by atoms with Crippen LogP contribution in [0.3, 0.4) is 0 Å². The van der Waals surface area contributed by atoms with E-state index in [2.05, 4.69) is 32.8 Å². The maximum absolute atomic E-state index is 12.5. The summed E-state index contributed by atoms with van der Waals surface area (Å²) < 4.78 is 0. The Hall–Kier alpha value is -2.31. The molecule has 6 rings (SSSR count). The van der Waals surface area contributed by atoms with Crippen LogP contribution in [0.4, 0.5) is 10.6 Å². The van der Waals surface area contributed by atoms with Gasteiger partial charge in [-0.1, -0.05) is 13.0 Å². The van der Waals surface area contributed by atoms with Crippen LogP contribution < -0.4 is 20.9 Å². The Balaban J connectivity index is 0.998. The molecule has 0 aromatic carbocycles. The highest BCUT2D eigenvalue weighted by molar-refractivity contribution is 5.78. The molecule has 7 heteroatoms. The van der Waals surface area contributed by atoms with Crippen molar-refractivity contribution in [1.29, 1.82) is 0 Å². The van der Waals surface area contributed by atoms with Crippen molar-refractivity contribution < 1.29 is 9.59 Å². The summed E-state index contributed by atoms with van der Waals surface area (Å²) in [4.78, 5) is 31.7. The standard InChI is InChI=1S/C26H39N5O2/c1-18-5-8-31(9-6-18)23-3-2-19(16-28-23)17-29-24(32)4-7-27-25(33)30-26-13-20-10-21(14-26)12-22(11-20)15-26/h2-3,16,18,20-22H,4-15,17H2,1H3,(H,29,32)(H2,27,30,33). The maximum atomic E-state index is 12.5. The van der Waals surface area contributed by atoms with Crippen LogP contribution in [0.2, 0.25) is 0 Å². The number of hydrogen-bond acceptors (Lipinski definition) is 4. The van der Waals surface area contributed by atoms with E-state index in [1.54, 1.807) is 0 Å². The third-order valence-electron chi connectivity index (χ3n) is 8.46. The number of carbonyl (C=O) groups excluding carboxylic acids is 2. The Morgan fingerprint density at radius 1 is 1.03 bits per heavy atom. The molecule has 0 unspecified atom stereocenters. The third kappa shape index (κ3) is 5.44. The van der Waals surface area contributed by atoms with Crippen LogP contribution >= 0.6 is 0 Å². The number of aromatic nitrogens is 1. The van der Waals surface area contributed by atoms with Crippen LogP contribution in [-0.4, -0.2) is 42.1 Å². The van der Waals surface area contributed by atoms with Gasteiger partial charge in [-0.25, -0.2) is 9.78 Å². The molecule has 0 spiro atoms. The van der Waals surface area contributed by atoms with Crippen LogP contribution in [0.1, 0.15) is 70.3 Å². The van der Waals surface area contributed by atoms with Gasteiger partial charge in [-0.15, -0.1) is 0 Å². The Morgan fingerprint density at radius 3 is 2.30 bits per heavy atom. The topological polar surface area (TPSA) is 86.4 Å². The van der Waals surface area contributed by atoms with E-state index in [1.807, 2.05) is 18.3 Å². The Bertz CT molecular complexity index is 811. The van der Waals surface area contributed by atoms with Gasteiger partial charge in [-0.3, -0.25) is 4.79 Å². The number of anilines is 1. The molecule has 1 aromatic rings. The van der Waals surface area contributed by atoms with Gasteiger partial charge in [0.2, 0.25) is 5.91 Å². The molecule has 0 atom stereocenters. The number of nitrogens with zero attached hydrogens (tertiary/aromatic N) is 2. The van der Waals surface area contributed by atoms with Crippen LogP contribution in [0.5, 0.6) is 0 Å². The van der Waals surface area contributed by atoms with Crippen molar-refractivity contribution in [3.63, 3.8) is 0 Å². The Labute approximate surface area is 197 Å². The summed E-state index contributed by atoms with van der Waals surface area (Å²) in [6, 6.07) is 3.97. The SMILES string of the molecule is CC1CCN(c2ccc(CNC(=O)CCNC(=O)NC34CC5CC(CC(C5)C3)C4)cn2)CC1.